The average Bonchev–Trinajstić information content (AvgIpc) is 3.22. The van der Waals surface area contributed by atoms with E-state index in [2.05, 4.69) is 128 Å². The number of carbonyl (C=O) groups is 3. The molecule has 0 aliphatic heterocycles. The van der Waals surface area contributed by atoms with Gasteiger partial charge < -0.3 is 25.2 Å². The molecule has 0 saturated carbocycles. The number of rotatable bonds is 38. The summed E-state index contributed by atoms with van der Waals surface area (Å²) in [6, 6.07) is -1.54. The number of allylic oxidation sites excluding steroid dienone is 20. The lowest BCUT2D eigenvalue weighted by molar-refractivity contribution is -0.161. The fourth-order valence-electron chi connectivity index (χ4n) is 4.84. The number of carboxylic acid groups (broad SMARTS) is 1. The zero-order valence-electron chi connectivity index (χ0n) is 36.2. The highest BCUT2D eigenvalue weighted by Gasteiger charge is 2.28. The zero-order chi connectivity index (χ0) is 44.2. The van der Waals surface area contributed by atoms with Gasteiger partial charge in [0.25, 0.3) is 0 Å². The van der Waals surface area contributed by atoms with E-state index in [9.17, 15) is 23.8 Å². The molecule has 336 valence electrons. The number of hydrogen-bond acceptors (Lipinski definition) is 9. The third-order valence-corrected chi connectivity index (χ3v) is 9.14. The highest BCUT2D eigenvalue weighted by molar-refractivity contribution is 7.47. The third kappa shape index (κ3) is 40.7. The fourth-order valence-corrected chi connectivity index (χ4v) is 5.62. The average molecular weight is 856 g/mol. The molecule has 0 aliphatic rings. The summed E-state index contributed by atoms with van der Waals surface area (Å²) in [5.41, 5.74) is 5.32. The van der Waals surface area contributed by atoms with E-state index in [4.69, 9.17) is 24.8 Å². The van der Waals surface area contributed by atoms with Crippen LogP contribution in [-0.2, 0) is 37.5 Å². The Morgan fingerprint density at radius 2 is 0.967 bits per heavy atom. The molecule has 0 bridgehead atoms. The van der Waals surface area contributed by atoms with Crippen molar-refractivity contribution in [1.29, 1.82) is 0 Å². The Labute approximate surface area is 360 Å². The first-order chi connectivity index (χ1) is 29.1. The molecule has 0 aromatic rings. The summed E-state index contributed by atoms with van der Waals surface area (Å²) >= 11 is 0. The number of esters is 2. The number of ether oxygens (including phenoxy) is 2. The van der Waals surface area contributed by atoms with Crippen molar-refractivity contribution in [3.63, 3.8) is 0 Å². The third-order valence-electron chi connectivity index (χ3n) is 8.19. The van der Waals surface area contributed by atoms with Gasteiger partial charge in [0.15, 0.2) is 6.10 Å². The van der Waals surface area contributed by atoms with Gasteiger partial charge in [0.05, 0.1) is 13.2 Å². The fraction of sp³-hybridized carbons (Fsp3) is 0.521. The van der Waals surface area contributed by atoms with Crippen molar-refractivity contribution >= 4 is 25.7 Å². The van der Waals surface area contributed by atoms with Gasteiger partial charge in [0.2, 0.25) is 0 Å². The van der Waals surface area contributed by atoms with Gasteiger partial charge >= 0.3 is 25.7 Å². The van der Waals surface area contributed by atoms with Crippen molar-refractivity contribution in [2.75, 3.05) is 19.8 Å². The number of unbranched alkanes of at least 4 members (excludes halogenated alkanes) is 4. The Kier molecular flexibility index (Phi) is 38.8. The van der Waals surface area contributed by atoms with Crippen LogP contribution in [0.3, 0.4) is 0 Å². The van der Waals surface area contributed by atoms with Crippen LogP contribution in [0, 0.1) is 0 Å². The summed E-state index contributed by atoms with van der Waals surface area (Å²) < 4.78 is 32.6. The molecular weight excluding hydrogens is 781 g/mol. The second-order valence-electron chi connectivity index (χ2n) is 13.7. The van der Waals surface area contributed by atoms with E-state index in [1.54, 1.807) is 0 Å². The summed E-state index contributed by atoms with van der Waals surface area (Å²) in [7, 11) is -4.75. The van der Waals surface area contributed by atoms with Gasteiger partial charge in [-0.15, -0.1) is 0 Å². The van der Waals surface area contributed by atoms with Crippen LogP contribution in [0.15, 0.2) is 122 Å². The van der Waals surface area contributed by atoms with E-state index in [0.29, 0.717) is 12.8 Å². The van der Waals surface area contributed by atoms with E-state index in [0.717, 1.165) is 83.5 Å². The molecular formula is C48H74NO10P. The minimum atomic E-state index is -4.75. The molecule has 0 saturated heterocycles. The molecule has 0 spiro atoms. The van der Waals surface area contributed by atoms with E-state index in [1.165, 1.54) is 6.42 Å². The van der Waals surface area contributed by atoms with Crippen molar-refractivity contribution in [3.05, 3.63) is 122 Å². The van der Waals surface area contributed by atoms with Gasteiger partial charge in [-0.3, -0.25) is 23.4 Å². The van der Waals surface area contributed by atoms with Gasteiger partial charge in [-0.2, -0.15) is 0 Å². The highest BCUT2D eigenvalue weighted by atomic mass is 31.2. The molecule has 0 aliphatic carbocycles. The van der Waals surface area contributed by atoms with E-state index < -0.39 is 57.7 Å². The number of hydrogen-bond donors (Lipinski definition) is 3. The lowest BCUT2D eigenvalue weighted by Gasteiger charge is -2.20. The Balaban J connectivity index is 4.58. The summed E-state index contributed by atoms with van der Waals surface area (Å²) in [5, 5.41) is 8.89. The number of aliphatic carboxylic acids is 1. The quantitative estimate of drug-likeness (QED) is 0.0233. The zero-order valence-corrected chi connectivity index (χ0v) is 37.1. The summed E-state index contributed by atoms with van der Waals surface area (Å²) in [5.74, 6) is -2.55. The predicted octanol–water partition coefficient (Wildman–Crippen LogP) is 11.6. The smallest absolute Gasteiger partial charge is 0.472 e. The number of carboxylic acids is 1. The van der Waals surface area contributed by atoms with Crippen molar-refractivity contribution in [3.8, 4) is 0 Å². The summed E-state index contributed by atoms with van der Waals surface area (Å²) in [6.07, 6.45) is 55.6. The molecule has 60 heavy (non-hydrogen) atoms. The maximum atomic E-state index is 12.6. The van der Waals surface area contributed by atoms with Gasteiger partial charge in [-0.1, -0.05) is 148 Å². The molecule has 0 aromatic carbocycles. The van der Waals surface area contributed by atoms with E-state index in [-0.39, 0.29) is 12.8 Å². The summed E-state index contributed by atoms with van der Waals surface area (Å²) in [6.45, 7) is 2.48. The molecule has 0 rings (SSSR count). The van der Waals surface area contributed by atoms with Gasteiger partial charge in [0.1, 0.15) is 12.6 Å². The minimum absolute atomic E-state index is 0.0811. The number of nitrogens with two attached hydrogens (primary N) is 1. The molecule has 0 radical (unpaired) electrons. The Hall–Kier alpha value is -4.12. The second kappa shape index (κ2) is 41.6. The van der Waals surface area contributed by atoms with Crippen LogP contribution in [0.25, 0.3) is 0 Å². The first-order valence-corrected chi connectivity index (χ1v) is 23.1. The van der Waals surface area contributed by atoms with Crippen molar-refractivity contribution < 1.29 is 47.5 Å². The standard InChI is InChI=1S/C48H74NO10P/c1-3-5-7-9-11-13-15-17-19-21-22-24-25-27-29-31-33-35-37-39-46(50)56-41-44(42-57-60(54,55)58-43-45(49)48(52)53)59-47(51)40-38-36-34-32-30-28-26-23-20-18-16-14-12-10-8-6-4-2/h5,7-8,10-11,13-14,16-17,19-20,22-24,27-30,33,35,44-45H,3-4,6,9,12,15,18,21,25-26,31-32,34,36-43,49H2,1-2H3,(H,52,53)(H,54,55)/b7-5+,10-8+,13-11+,16-14+,19-17+,23-20+,24-22+,29-27+,30-28+,35-33+/t44-,45+/m1/s1. The molecule has 1 unspecified atom stereocenters. The van der Waals surface area contributed by atoms with Crippen LogP contribution in [-0.4, -0.2) is 59.9 Å². The van der Waals surface area contributed by atoms with Gasteiger partial charge in [-0.25, -0.2) is 4.57 Å². The van der Waals surface area contributed by atoms with Crippen LogP contribution in [0.4, 0.5) is 0 Å². The number of phosphoric acid groups is 1. The van der Waals surface area contributed by atoms with Crippen LogP contribution in [0.2, 0.25) is 0 Å². The van der Waals surface area contributed by atoms with Crippen LogP contribution >= 0.6 is 7.82 Å². The first kappa shape index (κ1) is 55.9. The molecule has 0 heterocycles. The van der Waals surface area contributed by atoms with Crippen molar-refractivity contribution in [2.24, 2.45) is 5.73 Å². The molecule has 12 heteroatoms. The predicted molar refractivity (Wildman–Crippen MR) is 244 cm³/mol. The molecule has 11 nitrogen and oxygen atoms in total. The van der Waals surface area contributed by atoms with Crippen molar-refractivity contribution in [1.82, 2.24) is 0 Å². The second-order valence-corrected chi connectivity index (χ2v) is 15.2. The molecule has 0 fully saturated rings. The molecule has 3 atom stereocenters. The van der Waals surface area contributed by atoms with Gasteiger partial charge in [0, 0.05) is 12.8 Å². The van der Waals surface area contributed by atoms with E-state index >= 15 is 0 Å². The van der Waals surface area contributed by atoms with E-state index in [1.807, 2.05) is 12.2 Å². The van der Waals surface area contributed by atoms with Gasteiger partial charge in [-0.05, 0) is 89.9 Å². The molecule has 4 N–H and O–H groups in total. The highest BCUT2D eigenvalue weighted by Crippen LogP contribution is 2.43. The molecule has 0 amide bonds. The summed E-state index contributed by atoms with van der Waals surface area (Å²) in [4.78, 5) is 45.9. The largest absolute Gasteiger partial charge is 0.480 e. The lowest BCUT2D eigenvalue weighted by atomic mass is 10.1. The normalized spacial score (nSPS) is 14.9. The molecule has 0 aromatic heterocycles. The SMILES string of the molecule is CC/C=C/C/C=C/C/C=C/C/C=C/C/C=C/C/C=C/CCC(=O)OC[C@H](COP(=O)(O)OC[C@H](N)C(=O)O)OC(=O)CCCCC/C=C/C/C=C/C/C=C/C/C=C/CCC. The lowest BCUT2D eigenvalue weighted by Crippen LogP contribution is -2.34. The van der Waals surface area contributed by atoms with Crippen LogP contribution in [0.5, 0.6) is 0 Å². The van der Waals surface area contributed by atoms with Crippen molar-refractivity contribution in [2.45, 2.75) is 142 Å². The topological polar surface area (TPSA) is 172 Å². The Bertz CT molecular complexity index is 1470. The van der Waals surface area contributed by atoms with Crippen LogP contribution in [0.1, 0.15) is 129 Å². The Morgan fingerprint density at radius 1 is 0.533 bits per heavy atom. The number of carbonyl (C=O) groups excluding carboxylic acids is 2. The maximum Gasteiger partial charge on any atom is 0.472 e. The maximum absolute atomic E-state index is 12.6. The van der Waals surface area contributed by atoms with Crippen LogP contribution < -0.4 is 5.73 Å². The first-order valence-electron chi connectivity index (χ1n) is 21.6. The number of phosphoric ester groups is 1. The minimum Gasteiger partial charge on any atom is -0.480 e. The Morgan fingerprint density at radius 3 is 1.43 bits per heavy atom. The monoisotopic (exact) mass is 856 g/mol.